The van der Waals surface area contributed by atoms with Crippen molar-refractivity contribution in [3.63, 3.8) is 0 Å². The van der Waals surface area contributed by atoms with E-state index in [0.29, 0.717) is 18.6 Å². The standard InChI is InChI=1S/C22H24O9/c23-19(24)18(22(29,20(25)26)21(27)28)30-14-6-2-3-7-15-10-12-17(13-11-15)31-16-8-4-1-5-9-16/h1,4-5,8-13,18,29H,2-3,6-7,14H2,(H,23,24)(H,25,26)(H,27,28). The summed E-state index contributed by atoms with van der Waals surface area (Å²) in [5, 5.41) is 36.6. The van der Waals surface area contributed by atoms with Gasteiger partial charge in [-0.25, -0.2) is 14.4 Å². The Labute approximate surface area is 178 Å². The number of aryl methyl sites for hydroxylation is 1. The first-order valence-electron chi connectivity index (χ1n) is 9.60. The Hall–Kier alpha value is -3.43. The van der Waals surface area contributed by atoms with Crippen LogP contribution in [0.4, 0.5) is 0 Å². The molecule has 2 aromatic carbocycles. The van der Waals surface area contributed by atoms with Crippen molar-refractivity contribution in [1.29, 1.82) is 0 Å². The number of carboxylic acid groups (broad SMARTS) is 3. The predicted molar refractivity (Wildman–Crippen MR) is 108 cm³/mol. The van der Waals surface area contributed by atoms with Gasteiger partial charge < -0.3 is 29.9 Å². The molecule has 1 unspecified atom stereocenters. The van der Waals surface area contributed by atoms with E-state index in [1.54, 1.807) is 0 Å². The van der Waals surface area contributed by atoms with Gasteiger partial charge in [-0.1, -0.05) is 36.8 Å². The van der Waals surface area contributed by atoms with Gasteiger partial charge in [0.05, 0.1) is 0 Å². The van der Waals surface area contributed by atoms with Gasteiger partial charge in [-0.05, 0) is 49.1 Å². The van der Waals surface area contributed by atoms with Gasteiger partial charge in [0.2, 0.25) is 6.10 Å². The smallest absolute Gasteiger partial charge is 0.351 e. The minimum Gasteiger partial charge on any atom is -0.479 e. The number of benzene rings is 2. The van der Waals surface area contributed by atoms with Gasteiger partial charge in [-0.15, -0.1) is 0 Å². The van der Waals surface area contributed by atoms with Gasteiger partial charge in [0.25, 0.3) is 5.60 Å². The quantitative estimate of drug-likeness (QED) is 0.276. The first-order valence-corrected chi connectivity index (χ1v) is 9.60. The topological polar surface area (TPSA) is 151 Å². The number of rotatable bonds is 13. The van der Waals surface area contributed by atoms with Crippen LogP contribution in [0.25, 0.3) is 0 Å². The van der Waals surface area contributed by atoms with E-state index < -0.39 is 29.6 Å². The Bertz CT molecular complexity index is 864. The van der Waals surface area contributed by atoms with Crippen molar-refractivity contribution < 1.29 is 44.3 Å². The summed E-state index contributed by atoms with van der Waals surface area (Å²) in [5.74, 6) is -4.82. The number of carboxylic acids is 3. The normalized spacial score (nSPS) is 12.2. The van der Waals surface area contributed by atoms with Crippen LogP contribution in [0.5, 0.6) is 11.5 Å². The number of aliphatic carboxylic acids is 3. The van der Waals surface area contributed by atoms with E-state index in [4.69, 9.17) is 24.8 Å². The van der Waals surface area contributed by atoms with E-state index >= 15 is 0 Å². The van der Waals surface area contributed by atoms with E-state index in [0.717, 1.165) is 24.2 Å². The molecule has 1 atom stereocenters. The highest BCUT2D eigenvalue weighted by molar-refractivity contribution is 6.06. The van der Waals surface area contributed by atoms with Crippen molar-refractivity contribution in [2.24, 2.45) is 0 Å². The number of hydrogen-bond donors (Lipinski definition) is 4. The number of hydrogen-bond acceptors (Lipinski definition) is 6. The van der Waals surface area contributed by atoms with E-state index in [9.17, 15) is 19.5 Å². The Balaban J connectivity index is 1.75. The number of ether oxygens (including phenoxy) is 2. The van der Waals surface area contributed by atoms with Crippen LogP contribution in [0, 0.1) is 0 Å². The molecule has 0 bridgehead atoms. The van der Waals surface area contributed by atoms with Crippen LogP contribution in [-0.2, 0) is 25.5 Å². The lowest BCUT2D eigenvalue weighted by Gasteiger charge is -2.25. The zero-order chi connectivity index (χ0) is 22.9. The molecule has 0 saturated heterocycles. The molecule has 4 N–H and O–H groups in total. The monoisotopic (exact) mass is 432 g/mol. The highest BCUT2D eigenvalue weighted by Crippen LogP contribution is 2.22. The maximum absolute atomic E-state index is 11.2. The number of carbonyl (C=O) groups is 3. The second kappa shape index (κ2) is 11.1. The molecule has 0 spiro atoms. The van der Waals surface area contributed by atoms with Crippen LogP contribution in [0.15, 0.2) is 54.6 Å². The summed E-state index contributed by atoms with van der Waals surface area (Å²) in [7, 11) is 0. The van der Waals surface area contributed by atoms with E-state index in [1.807, 2.05) is 54.6 Å². The van der Waals surface area contributed by atoms with Crippen molar-refractivity contribution in [2.45, 2.75) is 37.4 Å². The lowest BCUT2D eigenvalue weighted by Crippen LogP contribution is -2.60. The Morgan fingerprint density at radius 1 is 0.806 bits per heavy atom. The molecule has 0 aliphatic rings. The van der Waals surface area contributed by atoms with Crippen LogP contribution in [0.1, 0.15) is 24.8 Å². The van der Waals surface area contributed by atoms with Crippen molar-refractivity contribution in [1.82, 2.24) is 0 Å². The van der Waals surface area contributed by atoms with Crippen molar-refractivity contribution in [2.75, 3.05) is 6.61 Å². The van der Waals surface area contributed by atoms with E-state index in [-0.39, 0.29) is 6.61 Å². The summed E-state index contributed by atoms with van der Waals surface area (Å²) in [5.41, 5.74) is -2.48. The van der Waals surface area contributed by atoms with Crippen LogP contribution < -0.4 is 4.74 Å². The molecule has 2 rings (SSSR count). The SMILES string of the molecule is O=C(O)C(OCCCCCc1ccc(Oc2ccccc2)cc1)C(O)(C(=O)O)C(=O)O. The van der Waals surface area contributed by atoms with Crippen LogP contribution in [0.3, 0.4) is 0 Å². The molecule has 2 aromatic rings. The van der Waals surface area contributed by atoms with Gasteiger partial charge >= 0.3 is 17.9 Å². The second-order valence-electron chi connectivity index (χ2n) is 6.84. The third-order valence-corrected chi connectivity index (χ3v) is 4.55. The average Bonchev–Trinajstić information content (AvgIpc) is 2.74. The van der Waals surface area contributed by atoms with E-state index in [2.05, 4.69) is 0 Å². The highest BCUT2D eigenvalue weighted by atomic mass is 16.5. The third kappa shape index (κ3) is 6.53. The third-order valence-electron chi connectivity index (χ3n) is 4.55. The molecule has 9 heteroatoms. The van der Waals surface area contributed by atoms with Crippen molar-refractivity contribution >= 4 is 17.9 Å². The molecule has 0 amide bonds. The van der Waals surface area contributed by atoms with Gasteiger partial charge in [0.1, 0.15) is 11.5 Å². The molecule has 166 valence electrons. The first kappa shape index (κ1) is 23.8. The number of aliphatic hydroxyl groups is 1. The number of para-hydroxylation sites is 1. The Morgan fingerprint density at radius 2 is 1.39 bits per heavy atom. The molecule has 0 fully saturated rings. The molecule has 0 aliphatic heterocycles. The zero-order valence-corrected chi connectivity index (χ0v) is 16.6. The summed E-state index contributed by atoms with van der Waals surface area (Å²) in [6.45, 7) is -0.205. The Kier molecular flexibility index (Phi) is 8.53. The predicted octanol–water partition coefficient (Wildman–Crippen LogP) is 2.56. The van der Waals surface area contributed by atoms with Gasteiger partial charge in [-0.3, -0.25) is 0 Å². The lowest BCUT2D eigenvalue weighted by atomic mass is 9.97. The molecular weight excluding hydrogens is 408 g/mol. The van der Waals surface area contributed by atoms with Crippen LogP contribution >= 0.6 is 0 Å². The fourth-order valence-corrected chi connectivity index (χ4v) is 2.84. The van der Waals surface area contributed by atoms with Crippen molar-refractivity contribution in [3.8, 4) is 11.5 Å². The fourth-order valence-electron chi connectivity index (χ4n) is 2.84. The maximum atomic E-state index is 11.2. The average molecular weight is 432 g/mol. The summed E-state index contributed by atoms with van der Waals surface area (Å²) in [4.78, 5) is 33.3. The molecule has 0 radical (unpaired) electrons. The summed E-state index contributed by atoms with van der Waals surface area (Å²) >= 11 is 0. The molecule has 0 heterocycles. The molecule has 9 nitrogen and oxygen atoms in total. The molecule has 0 aliphatic carbocycles. The van der Waals surface area contributed by atoms with Crippen molar-refractivity contribution in [3.05, 3.63) is 60.2 Å². The summed E-state index contributed by atoms with van der Waals surface area (Å²) < 4.78 is 10.6. The molecule has 0 saturated carbocycles. The van der Waals surface area contributed by atoms with E-state index in [1.165, 1.54) is 0 Å². The first-order chi connectivity index (χ1) is 14.7. The molecule has 31 heavy (non-hydrogen) atoms. The Morgan fingerprint density at radius 3 is 1.94 bits per heavy atom. The number of unbranched alkanes of at least 4 members (excludes halogenated alkanes) is 2. The van der Waals surface area contributed by atoms with Crippen LogP contribution in [0.2, 0.25) is 0 Å². The molecular formula is C22H24O9. The minimum absolute atomic E-state index is 0.205. The lowest BCUT2D eigenvalue weighted by molar-refractivity contribution is -0.201. The fraction of sp³-hybridized carbons (Fsp3) is 0.318. The summed E-state index contributed by atoms with van der Waals surface area (Å²) in [6.07, 6.45) is 0.0887. The van der Waals surface area contributed by atoms with Gasteiger partial charge in [0, 0.05) is 6.61 Å². The van der Waals surface area contributed by atoms with Gasteiger partial charge in [0.15, 0.2) is 0 Å². The zero-order valence-electron chi connectivity index (χ0n) is 16.6. The highest BCUT2D eigenvalue weighted by Gasteiger charge is 2.56. The molecule has 0 aromatic heterocycles. The maximum Gasteiger partial charge on any atom is 0.351 e. The minimum atomic E-state index is -3.56. The second-order valence-corrected chi connectivity index (χ2v) is 6.84. The summed E-state index contributed by atoms with van der Waals surface area (Å²) in [6, 6.07) is 17.0. The largest absolute Gasteiger partial charge is 0.479 e. The van der Waals surface area contributed by atoms with Crippen LogP contribution in [-0.4, -0.2) is 56.6 Å². The van der Waals surface area contributed by atoms with Gasteiger partial charge in [-0.2, -0.15) is 0 Å².